The Morgan fingerprint density at radius 2 is 2.00 bits per heavy atom. The lowest BCUT2D eigenvalue weighted by Gasteiger charge is -2.23. The van der Waals surface area contributed by atoms with E-state index < -0.39 is 11.9 Å². The number of hydrogen-bond acceptors (Lipinski definition) is 5. The Hall–Kier alpha value is -2.44. The van der Waals surface area contributed by atoms with E-state index in [0.29, 0.717) is 0 Å². The minimum atomic E-state index is -0.599. The summed E-state index contributed by atoms with van der Waals surface area (Å²) in [6.07, 6.45) is 0. The summed E-state index contributed by atoms with van der Waals surface area (Å²) in [6.45, 7) is 1.59. The number of phenols is 2. The van der Waals surface area contributed by atoms with Crippen LogP contribution in [0.25, 0.3) is 0 Å². The van der Waals surface area contributed by atoms with Crippen LogP contribution in [-0.2, 0) is 0 Å². The summed E-state index contributed by atoms with van der Waals surface area (Å²) >= 11 is 0. The number of likely N-dealkylation sites (N-methyl/N-ethyl adjacent to an activating group) is 1. The third kappa shape index (κ3) is 2.62. The van der Waals surface area contributed by atoms with Crippen LogP contribution in [0.4, 0.5) is 0 Å². The topological polar surface area (TPSA) is 119 Å². The van der Waals surface area contributed by atoms with Crippen LogP contribution >= 0.6 is 0 Å². The number of rotatable bonds is 3. The number of phenolic OH excluding ortho intramolecular Hbond substituents is 2. The molecule has 0 saturated heterocycles. The average molecular weight is 253 g/mol. The number of carbonyl (C=O) groups is 1. The van der Waals surface area contributed by atoms with E-state index in [1.54, 1.807) is 6.92 Å². The molecule has 7 heteroatoms. The molecule has 18 heavy (non-hydrogen) atoms. The summed E-state index contributed by atoms with van der Waals surface area (Å²) in [7, 11) is 1.48. The number of carbonyl (C=O) groups excluding carboxylic acids is 1. The normalized spacial score (nSPS) is 13.1. The van der Waals surface area contributed by atoms with Crippen molar-refractivity contribution in [3.8, 4) is 11.5 Å². The van der Waals surface area contributed by atoms with E-state index in [2.05, 4.69) is 5.16 Å². The molecule has 98 valence electrons. The molecule has 0 aromatic heterocycles. The molecular formula is C11H15N3O4. The molecule has 0 aliphatic heterocycles. The van der Waals surface area contributed by atoms with Gasteiger partial charge < -0.3 is 26.1 Å². The van der Waals surface area contributed by atoms with Gasteiger partial charge in [-0.25, -0.2) is 0 Å². The van der Waals surface area contributed by atoms with Gasteiger partial charge in [0.15, 0.2) is 17.3 Å². The Kier molecular flexibility index (Phi) is 3.98. The van der Waals surface area contributed by atoms with Gasteiger partial charge in [0, 0.05) is 12.6 Å². The van der Waals surface area contributed by atoms with Crippen LogP contribution in [0.1, 0.15) is 17.3 Å². The maximum atomic E-state index is 12.0. The highest BCUT2D eigenvalue weighted by atomic mass is 16.4. The molecule has 0 aliphatic carbocycles. The molecule has 0 saturated carbocycles. The summed E-state index contributed by atoms with van der Waals surface area (Å²) in [5.74, 6) is -1.22. The number of nitrogens with two attached hydrogens (primary N) is 1. The molecule has 1 atom stereocenters. The molecule has 0 aliphatic rings. The van der Waals surface area contributed by atoms with Crippen molar-refractivity contribution >= 4 is 11.7 Å². The molecule has 1 amide bonds. The van der Waals surface area contributed by atoms with Crippen LogP contribution < -0.4 is 5.73 Å². The first kappa shape index (κ1) is 13.6. The van der Waals surface area contributed by atoms with E-state index in [-0.39, 0.29) is 22.9 Å². The second kappa shape index (κ2) is 5.26. The summed E-state index contributed by atoms with van der Waals surface area (Å²) in [6, 6.07) is 3.13. The van der Waals surface area contributed by atoms with Gasteiger partial charge in [0.05, 0.1) is 6.04 Å². The molecule has 1 unspecified atom stereocenters. The van der Waals surface area contributed by atoms with Gasteiger partial charge in [-0.05, 0) is 25.1 Å². The number of aromatic hydroxyl groups is 2. The fourth-order valence-electron chi connectivity index (χ4n) is 1.32. The quantitative estimate of drug-likeness (QED) is 0.203. The van der Waals surface area contributed by atoms with Gasteiger partial charge in [0.1, 0.15) is 0 Å². The molecule has 1 aromatic carbocycles. The second-order valence-electron chi connectivity index (χ2n) is 3.82. The highest BCUT2D eigenvalue weighted by Gasteiger charge is 2.21. The lowest BCUT2D eigenvalue weighted by Crippen LogP contribution is -2.43. The fourth-order valence-corrected chi connectivity index (χ4v) is 1.32. The van der Waals surface area contributed by atoms with E-state index in [0.717, 1.165) is 6.07 Å². The zero-order valence-corrected chi connectivity index (χ0v) is 10.0. The Morgan fingerprint density at radius 3 is 2.50 bits per heavy atom. The molecule has 0 bridgehead atoms. The smallest absolute Gasteiger partial charge is 0.254 e. The van der Waals surface area contributed by atoms with Crippen molar-refractivity contribution in [3.05, 3.63) is 23.8 Å². The number of nitrogens with zero attached hydrogens (tertiary/aromatic N) is 2. The van der Waals surface area contributed by atoms with Crippen molar-refractivity contribution in [1.82, 2.24) is 4.90 Å². The Bertz CT molecular complexity index is 487. The molecule has 0 spiro atoms. The van der Waals surface area contributed by atoms with Crippen LogP contribution in [0.3, 0.4) is 0 Å². The van der Waals surface area contributed by atoms with Crippen molar-refractivity contribution in [2.75, 3.05) is 7.05 Å². The van der Waals surface area contributed by atoms with Crippen molar-refractivity contribution in [1.29, 1.82) is 0 Å². The van der Waals surface area contributed by atoms with Crippen LogP contribution in [0, 0.1) is 0 Å². The summed E-state index contributed by atoms with van der Waals surface area (Å²) in [5, 5.41) is 29.8. The third-order valence-corrected chi connectivity index (χ3v) is 2.67. The van der Waals surface area contributed by atoms with Crippen LogP contribution in [-0.4, -0.2) is 45.2 Å². The van der Waals surface area contributed by atoms with Gasteiger partial charge in [-0.2, -0.15) is 0 Å². The van der Waals surface area contributed by atoms with Crippen LogP contribution in [0.2, 0.25) is 0 Å². The van der Waals surface area contributed by atoms with Gasteiger partial charge in [-0.1, -0.05) is 5.16 Å². The number of amidine groups is 1. The first-order valence-electron chi connectivity index (χ1n) is 5.15. The van der Waals surface area contributed by atoms with Gasteiger partial charge >= 0.3 is 0 Å². The molecule has 0 heterocycles. The number of hydrogen-bond donors (Lipinski definition) is 4. The van der Waals surface area contributed by atoms with Gasteiger partial charge in [-0.3, -0.25) is 4.79 Å². The maximum Gasteiger partial charge on any atom is 0.254 e. The third-order valence-electron chi connectivity index (χ3n) is 2.67. The standard InChI is InChI=1S/C11H15N3O4/c1-6(10(12)13-18)14(2)11(17)7-3-4-8(15)9(16)5-7/h3-6,15-16,18H,1-2H3,(H2,12,13). The van der Waals surface area contributed by atoms with E-state index in [1.165, 1.54) is 24.1 Å². The predicted octanol–water partition coefficient (Wildman–Crippen LogP) is 0.305. The highest BCUT2D eigenvalue weighted by molar-refractivity contribution is 5.98. The van der Waals surface area contributed by atoms with Gasteiger partial charge in [0.2, 0.25) is 0 Å². The molecule has 1 aromatic rings. The lowest BCUT2D eigenvalue weighted by molar-refractivity contribution is 0.0776. The van der Waals surface area contributed by atoms with Gasteiger partial charge in [-0.15, -0.1) is 0 Å². The first-order valence-corrected chi connectivity index (χ1v) is 5.15. The zero-order chi connectivity index (χ0) is 13.9. The second-order valence-corrected chi connectivity index (χ2v) is 3.82. The minimum absolute atomic E-state index is 0.103. The van der Waals surface area contributed by atoms with Crippen LogP contribution in [0.15, 0.2) is 23.4 Å². The van der Waals surface area contributed by atoms with E-state index in [1.807, 2.05) is 0 Å². The van der Waals surface area contributed by atoms with E-state index >= 15 is 0 Å². The van der Waals surface area contributed by atoms with Crippen LogP contribution in [0.5, 0.6) is 11.5 Å². The highest BCUT2D eigenvalue weighted by Crippen LogP contribution is 2.25. The van der Waals surface area contributed by atoms with Gasteiger partial charge in [0.25, 0.3) is 5.91 Å². The number of amides is 1. The van der Waals surface area contributed by atoms with Crippen molar-refractivity contribution < 1.29 is 20.2 Å². The molecular weight excluding hydrogens is 238 g/mol. The number of oxime groups is 1. The van der Waals surface area contributed by atoms with Crippen molar-refractivity contribution in [2.45, 2.75) is 13.0 Å². The molecule has 0 radical (unpaired) electrons. The predicted molar refractivity (Wildman–Crippen MR) is 64.7 cm³/mol. The largest absolute Gasteiger partial charge is 0.504 e. The molecule has 1 rings (SSSR count). The first-order chi connectivity index (χ1) is 8.38. The SMILES string of the molecule is CC(/C(N)=N/O)N(C)C(=O)c1ccc(O)c(O)c1. The van der Waals surface area contributed by atoms with E-state index in [4.69, 9.17) is 16.0 Å². The minimum Gasteiger partial charge on any atom is -0.504 e. The monoisotopic (exact) mass is 253 g/mol. The molecule has 7 nitrogen and oxygen atoms in total. The maximum absolute atomic E-state index is 12.0. The zero-order valence-electron chi connectivity index (χ0n) is 10.0. The Balaban J connectivity index is 2.96. The molecule has 5 N–H and O–H groups in total. The lowest BCUT2D eigenvalue weighted by atomic mass is 10.1. The van der Waals surface area contributed by atoms with Crippen molar-refractivity contribution in [2.24, 2.45) is 10.9 Å². The fraction of sp³-hybridized carbons (Fsp3) is 0.273. The molecule has 0 fully saturated rings. The Morgan fingerprint density at radius 1 is 1.39 bits per heavy atom. The Labute approximate surface area is 104 Å². The number of benzene rings is 1. The van der Waals surface area contributed by atoms with E-state index in [9.17, 15) is 9.90 Å². The summed E-state index contributed by atoms with van der Waals surface area (Å²) in [5.41, 5.74) is 5.59. The summed E-state index contributed by atoms with van der Waals surface area (Å²) in [4.78, 5) is 13.3. The van der Waals surface area contributed by atoms with Crippen molar-refractivity contribution in [3.63, 3.8) is 0 Å². The average Bonchev–Trinajstić information content (AvgIpc) is 2.38. The summed E-state index contributed by atoms with van der Waals surface area (Å²) < 4.78 is 0.